The third-order valence-corrected chi connectivity index (χ3v) is 7.20. The molecule has 7 nitrogen and oxygen atoms in total. The summed E-state index contributed by atoms with van der Waals surface area (Å²) in [6, 6.07) is 14.8. The molecule has 0 unspecified atom stereocenters. The fraction of sp³-hybridized carbons (Fsp3) is 0.286. The molecule has 0 bridgehead atoms. The van der Waals surface area contributed by atoms with Crippen molar-refractivity contribution in [3.05, 3.63) is 65.4 Å². The predicted octanol–water partition coefficient (Wildman–Crippen LogP) is 6.26. The van der Waals surface area contributed by atoms with Crippen molar-refractivity contribution in [2.24, 2.45) is 0 Å². The molecule has 3 aromatic carbocycles. The molecule has 0 saturated carbocycles. The molecule has 1 aromatic heterocycles. The Bertz CT molecular complexity index is 1570. The molecule has 8 heteroatoms. The van der Waals surface area contributed by atoms with Crippen molar-refractivity contribution in [2.45, 2.75) is 38.2 Å². The molecule has 0 spiro atoms. The predicted molar refractivity (Wildman–Crippen MR) is 141 cm³/mol. The minimum atomic E-state index is -0.580. The van der Waals surface area contributed by atoms with Crippen LogP contribution >= 0.6 is 11.6 Å². The van der Waals surface area contributed by atoms with Crippen LogP contribution in [0.4, 0.5) is 16.2 Å². The van der Waals surface area contributed by atoms with E-state index in [1.807, 2.05) is 63.2 Å². The molecule has 0 aliphatic carbocycles. The Morgan fingerprint density at radius 1 is 1.03 bits per heavy atom. The van der Waals surface area contributed by atoms with E-state index in [4.69, 9.17) is 16.3 Å². The molecule has 2 N–H and O–H groups in total. The van der Waals surface area contributed by atoms with E-state index in [1.54, 1.807) is 15.9 Å². The molecule has 4 aromatic rings. The number of ether oxygens (including phenoxy) is 1. The second kappa shape index (κ2) is 7.90. The van der Waals surface area contributed by atoms with Crippen molar-refractivity contribution in [3.63, 3.8) is 0 Å². The molecule has 1 atom stereocenters. The van der Waals surface area contributed by atoms with Crippen LogP contribution < -0.4 is 9.80 Å². The molecule has 0 radical (unpaired) electrons. The van der Waals surface area contributed by atoms with Gasteiger partial charge in [0.15, 0.2) is 0 Å². The number of anilines is 2. The lowest BCUT2D eigenvalue weighted by molar-refractivity contribution is 0.0583. The number of carbonyl (C=O) groups excluding carboxylic acids is 2. The number of H-pyrrole nitrogens is 1. The minimum absolute atomic E-state index is 0.115. The number of nitrogens with zero attached hydrogens (tertiary/aromatic N) is 2. The summed E-state index contributed by atoms with van der Waals surface area (Å²) in [5.74, 6) is -0.106. The maximum absolute atomic E-state index is 13.7. The van der Waals surface area contributed by atoms with Gasteiger partial charge in [0.25, 0.3) is 5.91 Å². The van der Waals surface area contributed by atoms with Crippen molar-refractivity contribution >= 4 is 56.7 Å². The second-order valence-electron chi connectivity index (χ2n) is 10.3. The van der Waals surface area contributed by atoms with Crippen LogP contribution in [0, 0.1) is 0 Å². The van der Waals surface area contributed by atoms with Crippen LogP contribution in [0.3, 0.4) is 0 Å². The fourth-order valence-electron chi connectivity index (χ4n) is 5.34. The average molecular weight is 504 g/mol. The number of alkyl halides is 1. The van der Waals surface area contributed by atoms with Gasteiger partial charge in [-0.3, -0.25) is 9.69 Å². The van der Waals surface area contributed by atoms with Gasteiger partial charge in [-0.25, -0.2) is 4.79 Å². The third kappa shape index (κ3) is 3.49. The number of aromatic amines is 1. The lowest BCUT2D eigenvalue weighted by Crippen LogP contribution is -2.35. The van der Waals surface area contributed by atoms with Crippen molar-refractivity contribution in [2.75, 3.05) is 22.9 Å². The molecular formula is C28H26ClN3O4. The highest BCUT2D eigenvalue weighted by Gasteiger charge is 2.35. The second-order valence-corrected chi connectivity index (χ2v) is 10.9. The Labute approximate surface area is 213 Å². The van der Waals surface area contributed by atoms with Crippen LogP contribution in [0.1, 0.15) is 47.8 Å². The number of aromatic nitrogens is 1. The monoisotopic (exact) mass is 503 g/mol. The molecule has 3 heterocycles. The summed E-state index contributed by atoms with van der Waals surface area (Å²) in [5, 5.41) is 12.7. The highest BCUT2D eigenvalue weighted by atomic mass is 35.5. The molecule has 2 aliphatic rings. The number of phenolic OH excluding ortho intramolecular Hbond substituents is 1. The zero-order valence-corrected chi connectivity index (χ0v) is 21.0. The van der Waals surface area contributed by atoms with Crippen LogP contribution in [-0.2, 0) is 11.2 Å². The Hall–Kier alpha value is -3.71. The summed E-state index contributed by atoms with van der Waals surface area (Å²) in [6.45, 7) is 6.37. The van der Waals surface area contributed by atoms with Crippen molar-refractivity contribution in [1.82, 2.24) is 4.98 Å². The van der Waals surface area contributed by atoms with Gasteiger partial charge in [-0.05, 0) is 56.3 Å². The van der Waals surface area contributed by atoms with Gasteiger partial charge in [0.1, 0.15) is 17.0 Å². The summed E-state index contributed by atoms with van der Waals surface area (Å²) >= 11 is 6.71. The van der Waals surface area contributed by atoms with Crippen LogP contribution in [0.5, 0.6) is 5.75 Å². The number of hydrogen-bond donors (Lipinski definition) is 2. The van der Waals surface area contributed by atoms with Gasteiger partial charge in [0.2, 0.25) is 0 Å². The van der Waals surface area contributed by atoms with E-state index in [1.165, 1.54) is 0 Å². The first-order valence-corrected chi connectivity index (χ1v) is 12.4. The smallest absolute Gasteiger partial charge is 0.414 e. The van der Waals surface area contributed by atoms with E-state index >= 15 is 0 Å². The Morgan fingerprint density at radius 2 is 1.78 bits per heavy atom. The summed E-state index contributed by atoms with van der Waals surface area (Å²) < 4.78 is 5.57. The van der Waals surface area contributed by atoms with E-state index in [0.29, 0.717) is 36.3 Å². The van der Waals surface area contributed by atoms with Gasteiger partial charge in [-0.1, -0.05) is 24.3 Å². The standard InChI is InChI=1S/C28H26ClN3O4/c1-28(2,3)36-27(35)31-11-10-15-18-12-21(30-20(18)8-9-22(15)31)26(34)32-14-19(29)25-17-7-5-4-6-16(17)24(33)13-23(25)32/h4-9,12-13,19,30,33H,10-11,14H2,1-3H3/t19-/m1/s1. The van der Waals surface area contributed by atoms with Gasteiger partial charge in [0.05, 0.1) is 16.8 Å². The maximum atomic E-state index is 13.7. The molecule has 0 saturated heterocycles. The van der Waals surface area contributed by atoms with Crippen LogP contribution in [0.2, 0.25) is 0 Å². The largest absolute Gasteiger partial charge is 0.507 e. The summed E-state index contributed by atoms with van der Waals surface area (Å²) in [4.78, 5) is 32.9. The number of halogens is 1. The van der Waals surface area contributed by atoms with Gasteiger partial charge in [-0.15, -0.1) is 11.6 Å². The number of hydrogen-bond acceptors (Lipinski definition) is 4. The van der Waals surface area contributed by atoms with Gasteiger partial charge < -0.3 is 19.7 Å². The molecule has 2 aliphatic heterocycles. The van der Waals surface area contributed by atoms with Crippen molar-refractivity contribution in [3.8, 4) is 5.75 Å². The molecule has 36 heavy (non-hydrogen) atoms. The Morgan fingerprint density at radius 3 is 2.53 bits per heavy atom. The van der Waals surface area contributed by atoms with Gasteiger partial charge in [-0.2, -0.15) is 0 Å². The number of phenols is 1. The molecule has 0 fully saturated rings. The number of rotatable bonds is 1. The summed E-state index contributed by atoms with van der Waals surface area (Å²) in [6.07, 6.45) is 0.300. The fourth-order valence-corrected chi connectivity index (χ4v) is 5.71. The molecule has 6 rings (SSSR count). The van der Waals surface area contributed by atoms with Crippen LogP contribution in [0.25, 0.3) is 21.7 Å². The van der Waals surface area contributed by atoms with Gasteiger partial charge >= 0.3 is 6.09 Å². The lowest BCUT2D eigenvalue weighted by Gasteiger charge is -2.24. The normalized spacial score (nSPS) is 17.1. The van der Waals surface area contributed by atoms with Crippen LogP contribution in [0.15, 0.2) is 48.5 Å². The zero-order chi connectivity index (χ0) is 25.4. The number of benzene rings is 3. The SMILES string of the molecule is CC(C)(C)OC(=O)N1CCc2c1ccc1[nH]c(C(=O)N3C[C@@H](Cl)c4c3cc(O)c3ccccc43)cc21. The summed E-state index contributed by atoms with van der Waals surface area (Å²) in [5.41, 5.74) is 3.96. The first-order chi connectivity index (χ1) is 17.1. The average Bonchev–Trinajstić information content (AvgIpc) is 3.52. The topological polar surface area (TPSA) is 85.9 Å². The molecule has 2 amide bonds. The first kappa shape index (κ1) is 22.7. The quantitative estimate of drug-likeness (QED) is 0.300. The van der Waals surface area contributed by atoms with Crippen LogP contribution in [-0.4, -0.2) is 40.8 Å². The van der Waals surface area contributed by atoms with Crippen molar-refractivity contribution < 1.29 is 19.4 Å². The number of nitrogens with one attached hydrogen (secondary N) is 1. The molecule has 184 valence electrons. The highest BCUT2D eigenvalue weighted by molar-refractivity contribution is 6.25. The Balaban J connectivity index is 1.37. The van der Waals surface area contributed by atoms with Gasteiger partial charge in [0, 0.05) is 41.0 Å². The Kier molecular flexibility index (Phi) is 4.99. The number of aromatic hydroxyl groups is 1. The maximum Gasteiger partial charge on any atom is 0.414 e. The van der Waals surface area contributed by atoms with E-state index < -0.39 is 5.60 Å². The van der Waals surface area contributed by atoms with E-state index in [9.17, 15) is 14.7 Å². The number of fused-ring (bicyclic) bond motifs is 6. The highest BCUT2D eigenvalue weighted by Crippen LogP contribution is 2.47. The summed E-state index contributed by atoms with van der Waals surface area (Å²) in [7, 11) is 0. The van der Waals surface area contributed by atoms with E-state index in [2.05, 4.69) is 4.98 Å². The van der Waals surface area contributed by atoms with E-state index in [0.717, 1.165) is 33.1 Å². The minimum Gasteiger partial charge on any atom is -0.507 e. The van der Waals surface area contributed by atoms with E-state index in [-0.39, 0.29) is 23.1 Å². The van der Waals surface area contributed by atoms with Crippen molar-refractivity contribution in [1.29, 1.82) is 0 Å². The number of amides is 2. The number of carbonyl (C=O) groups is 2. The lowest BCUT2D eigenvalue weighted by atomic mass is 10.0. The third-order valence-electron chi connectivity index (χ3n) is 6.85. The zero-order valence-electron chi connectivity index (χ0n) is 20.3. The molecular weight excluding hydrogens is 478 g/mol. The first-order valence-electron chi connectivity index (χ1n) is 12.0.